The van der Waals surface area contributed by atoms with Crippen LogP contribution in [-0.2, 0) is 6.61 Å². The summed E-state index contributed by atoms with van der Waals surface area (Å²) >= 11 is 0. The fourth-order valence-corrected chi connectivity index (χ4v) is 2.28. The van der Waals surface area contributed by atoms with Crippen LogP contribution in [-0.4, -0.2) is 18.3 Å². The smallest absolute Gasteiger partial charge is 0.124 e. The lowest BCUT2D eigenvalue weighted by atomic mass is 10.0. The van der Waals surface area contributed by atoms with Crippen molar-refractivity contribution in [3.63, 3.8) is 0 Å². The van der Waals surface area contributed by atoms with Crippen LogP contribution in [0.1, 0.15) is 30.9 Å². The predicted molar refractivity (Wildman–Crippen MR) is 86.9 cm³/mol. The molecule has 2 rings (SSSR count). The van der Waals surface area contributed by atoms with Gasteiger partial charge in [-0.3, -0.25) is 0 Å². The van der Waals surface area contributed by atoms with Crippen LogP contribution in [0.5, 0.6) is 5.75 Å². The summed E-state index contributed by atoms with van der Waals surface area (Å²) < 4.78 is 5.49. The molecule has 2 aromatic carbocycles. The largest absolute Gasteiger partial charge is 0.494 e. The molecule has 3 nitrogen and oxygen atoms in total. The monoisotopic (exact) mass is 285 g/mol. The van der Waals surface area contributed by atoms with Gasteiger partial charge in [0, 0.05) is 17.8 Å². The van der Waals surface area contributed by atoms with Crippen LogP contribution in [0.3, 0.4) is 0 Å². The Morgan fingerprint density at radius 3 is 2.57 bits per heavy atom. The zero-order chi connectivity index (χ0) is 15.1. The van der Waals surface area contributed by atoms with Gasteiger partial charge in [0.2, 0.25) is 0 Å². The van der Waals surface area contributed by atoms with Gasteiger partial charge in [0.15, 0.2) is 0 Å². The van der Waals surface area contributed by atoms with Gasteiger partial charge in [0.25, 0.3) is 0 Å². The van der Waals surface area contributed by atoms with Crippen molar-refractivity contribution in [2.45, 2.75) is 26.4 Å². The van der Waals surface area contributed by atoms with Crippen molar-refractivity contribution in [2.75, 3.05) is 18.5 Å². The minimum atomic E-state index is -0.0148. The molecule has 3 heteroatoms. The van der Waals surface area contributed by atoms with Crippen LogP contribution in [0.4, 0.5) is 5.69 Å². The average Bonchev–Trinajstić information content (AvgIpc) is 2.54. The molecule has 0 aliphatic carbocycles. The zero-order valence-corrected chi connectivity index (χ0v) is 12.7. The summed E-state index contributed by atoms with van der Waals surface area (Å²) in [7, 11) is 0. The van der Waals surface area contributed by atoms with Crippen LogP contribution in [0.2, 0.25) is 0 Å². The van der Waals surface area contributed by atoms with E-state index in [4.69, 9.17) is 4.74 Å². The van der Waals surface area contributed by atoms with Crippen LogP contribution in [0.15, 0.2) is 48.5 Å². The average molecular weight is 285 g/mol. The first-order valence-corrected chi connectivity index (χ1v) is 7.40. The molecule has 0 aromatic heterocycles. The van der Waals surface area contributed by atoms with E-state index in [1.54, 1.807) is 0 Å². The predicted octanol–water partition coefficient (Wildman–Crippen LogP) is 3.79. The summed E-state index contributed by atoms with van der Waals surface area (Å²) in [6.45, 7) is 5.57. The first-order valence-electron chi connectivity index (χ1n) is 7.40. The van der Waals surface area contributed by atoms with Crippen LogP contribution in [0, 0.1) is 0 Å². The number of nitrogens with one attached hydrogen (secondary N) is 1. The van der Waals surface area contributed by atoms with E-state index in [1.807, 2.05) is 31.2 Å². The minimum Gasteiger partial charge on any atom is -0.494 e. The lowest BCUT2D eigenvalue weighted by Crippen LogP contribution is -2.10. The van der Waals surface area contributed by atoms with E-state index in [1.165, 1.54) is 5.56 Å². The number of aliphatic hydroxyl groups is 1. The Hall–Kier alpha value is -2.00. The van der Waals surface area contributed by atoms with E-state index < -0.39 is 0 Å². The van der Waals surface area contributed by atoms with E-state index in [-0.39, 0.29) is 6.61 Å². The van der Waals surface area contributed by atoms with Crippen molar-refractivity contribution in [1.82, 2.24) is 0 Å². The second-order valence-electron chi connectivity index (χ2n) is 5.11. The number of hydrogen-bond acceptors (Lipinski definition) is 3. The van der Waals surface area contributed by atoms with Crippen molar-refractivity contribution < 1.29 is 9.84 Å². The van der Waals surface area contributed by atoms with E-state index in [9.17, 15) is 5.11 Å². The normalized spacial score (nSPS) is 12.0. The van der Waals surface area contributed by atoms with E-state index in [2.05, 4.69) is 36.5 Å². The van der Waals surface area contributed by atoms with Gasteiger partial charge in [-0.2, -0.15) is 0 Å². The van der Waals surface area contributed by atoms with Gasteiger partial charge in [0.1, 0.15) is 5.75 Å². The second-order valence-corrected chi connectivity index (χ2v) is 5.11. The van der Waals surface area contributed by atoms with Gasteiger partial charge < -0.3 is 15.2 Å². The standard InChI is InChI=1S/C18H23NO2/c1-3-21-18-10-9-17(11-16(18)13-20)19-12-14(2)15-7-5-4-6-8-15/h4-11,14,19-20H,3,12-13H2,1-2H3. The summed E-state index contributed by atoms with van der Waals surface area (Å²) in [5, 5.41) is 12.8. The molecule has 0 amide bonds. The molecule has 0 heterocycles. The summed E-state index contributed by atoms with van der Waals surface area (Å²) in [6.07, 6.45) is 0. The highest BCUT2D eigenvalue weighted by Crippen LogP contribution is 2.24. The molecule has 0 bridgehead atoms. The lowest BCUT2D eigenvalue weighted by Gasteiger charge is -2.16. The summed E-state index contributed by atoms with van der Waals surface area (Å²) in [4.78, 5) is 0. The third-order valence-corrected chi connectivity index (χ3v) is 3.51. The molecule has 112 valence electrons. The van der Waals surface area contributed by atoms with E-state index in [0.29, 0.717) is 12.5 Å². The molecular formula is C18H23NO2. The number of aliphatic hydroxyl groups excluding tert-OH is 1. The molecule has 0 fully saturated rings. The first kappa shape index (κ1) is 15.4. The van der Waals surface area contributed by atoms with Crippen molar-refractivity contribution in [1.29, 1.82) is 0 Å². The second kappa shape index (κ2) is 7.70. The molecule has 1 atom stereocenters. The molecular weight excluding hydrogens is 262 g/mol. The van der Waals surface area contributed by atoms with E-state index >= 15 is 0 Å². The highest BCUT2D eigenvalue weighted by Gasteiger charge is 2.07. The van der Waals surface area contributed by atoms with Gasteiger partial charge in [-0.1, -0.05) is 37.3 Å². The molecule has 2 N–H and O–H groups in total. The molecule has 0 aliphatic rings. The molecule has 0 saturated heterocycles. The first-order chi connectivity index (χ1) is 10.2. The van der Waals surface area contributed by atoms with Crippen LogP contribution in [0.25, 0.3) is 0 Å². The summed E-state index contributed by atoms with van der Waals surface area (Å²) in [5.74, 6) is 1.18. The molecule has 0 saturated carbocycles. The minimum absolute atomic E-state index is 0.0148. The number of hydrogen-bond donors (Lipinski definition) is 2. The topological polar surface area (TPSA) is 41.5 Å². The molecule has 1 unspecified atom stereocenters. The Morgan fingerprint density at radius 1 is 1.14 bits per heavy atom. The van der Waals surface area contributed by atoms with Crippen LogP contribution < -0.4 is 10.1 Å². The summed E-state index contributed by atoms with van der Waals surface area (Å²) in [5.41, 5.74) is 3.14. The Morgan fingerprint density at radius 2 is 1.90 bits per heavy atom. The Kier molecular flexibility index (Phi) is 5.64. The van der Waals surface area contributed by atoms with Gasteiger partial charge >= 0.3 is 0 Å². The summed E-state index contributed by atoms with van der Waals surface area (Å²) in [6, 6.07) is 16.3. The maximum Gasteiger partial charge on any atom is 0.124 e. The fraction of sp³-hybridized carbons (Fsp3) is 0.333. The van der Waals surface area contributed by atoms with Gasteiger partial charge in [-0.15, -0.1) is 0 Å². The Balaban J connectivity index is 2.00. The van der Waals surface area contributed by atoms with Gasteiger partial charge in [-0.05, 0) is 36.6 Å². The molecule has 0 aliphatic heterocycles. The lowest BCUT2D eigenvalue weighted by molar-refractivity contribution is 0.267. The van der Waals surface area contributed by atoms with Crippen LogP contribution >= 0.6 is 0 Å². The number of rotatable bonds is 7. The van der Waals surface area contributed by atoms with Crippen molar-refractivity contribution in [2.24, 2.45) is 0 Å². The van der Waals surface area contributed by atoms with Gasteiger partial charge in [-0.25, -0.2) is 0 Å². The molecule has 21 heavy (non-hydrogen) atoms. The van der Waals surface area contributed by atoms with Gasteiger partial charge in [0.05, 0.1) is 13.2 Å². The Bertz CT molecular complexity index is 554. The third kappa shape index (κ3) is 4.23. The number of anilines is 1. The highest BCUT2D eigenvalue weighted by atomic mass is 16.5. The third-order valence-electron chi connectivity index (χ3n) is 3.51. The number of ether oxygens (including phenoxy) is 1. The Labute approximate surface area is 126 Å². The van der Waals surface area contributed by atoms with Crippen molar-refractivity contribution >= 4 is 5.69 Å². The highest BCUT2D eigenvalue weighted by molar-refractivity contribution is 5.51. The maximum absolute atomic E-state index is 9.42. The SMILES string of the molecule is CCOc1ccc(NCC(C)c2ccccc2)cc1CO. The molecule has 0 spiro atoms. The van der Waals surface area contributed by atoms with Crippen molar-refractivity contribution in [3.8, 4) is 5.75 Å². The fourth-order valence-electron chi connectivity index (χ4n) is 2.28. The zero-order valence-electron chi connectivity index (χ0n) is 12.7. The van der Waals surface area contributed by atoms with E-state index in [0.717, 1.165) is 23.5 Å². The quantitative estimate of drug-likeness (QED) is 0.813. The maximum atomic E-state index is 9.42. The molecule has 2 aromatic rings. The number of benzene rings is 2. The molecule has 0 radical (unpaired) electrons. The van der Waals surface area contributed by atoms with Crippen molar-refractivity contribution in [3.05, 3.63) is 59.7 Å².